The predicted molar refractivity (Wildman–Crippen MR) is 120 cm³/mol. The van der Waals surface area contributed by atoms with Gasteiger partial charge in [0, 0.05) is 31.6 Å². The van der Waals surface area contributed by atoms with E-state index in [1.165, 1.54) is 0 Å². The van der Waals surface area contributed by atoms with E-state index in [4.69, 9.17) is 13.6 Å². The molecule has 1 aromatic carbocycles. The number of rotatable bonds is 7. The molecule has 1 aliphatic heterocycles. The summed E-state index contributed by atoms with van der Waals surface area (Å²) < 4.78 is 16.5. The van der Waals surface area contributed by atoms with Crippen LogP contribution in [0, 0.1) is 17.2 Å². The van der Waals surface area contributed by atoms with Crippen molar-refractivity contribution < 1.29 is 18.4 Å². The number of furan rings is 1. The predicted octanol–water partition coefficient (Wildman–Crippen LogP) is 4.22. The second-order valence-corrected chi connectivity index (χ2v) is 8.57. The fraction of sp³-hybridized carbons (Fsp3) is 0.400. The first-order chi connectivity index (χ1) is 16.2. The third kappa shape index (κ3) is 4.44. The summed E-state index contributed by atoms with van der Waals surface area (Å²) in [6.07, 6.45) is 5.11. The van der Waals surface area contributed by atoms with Crippen LogP contribution in [0.5, 0.6) is 5.75 Å². The van der Waals surface area contributed by atoms with Crippen LogP contribution < -0.4 is 9.64 Å². The molecule has 1 aliphatic carbocycles. The number of aromatic nitrogens is 1. The summed E-state index contributed by atoms with van der Waals surface area (Å²) in [7, 11) is 1.65. The highest BCUT2D eigenvalue weighted by molar-refractivity contribution is 5.80. The second kappa shape index (κ2) is 9.02. The van der Waals surface area contributed by atoms with Crippen LogP contribution in [-0.4, -0.2) is 42.0 Å². The van der Waals surface area contributed by atoms with E-state index >= 15 is 0 Å². The molecule has 0 bridgehead atoms. The summed E-state index contributed by atoms with van der Waals surface area (Å²) in [6, 6.07) is 13.9. The van der Waals surface area contributed by atoms with Crippen molar-refractivity contribution >= 4 is 11.8 Å². The summed E-state index contributed by atoms with van der Waals surface area (Å²) in [4.78, 5) is 21.7. The molecule has 3 heterocycles. The van der Waals surface area contributed by atoms with Gasteiger partial charge in [-0.05, 0) is 55.5 Å². The number of nitriles is 1. The monoisotopic (exact) mass is 446 g/mol. The molecule has 1 amide bonds. The minimum atomic E-state index is -0.0295. The zero-order valence-electron chi connectivity index (χ0n) is 18.6. The molecule has 2 aliphatic rings. The minimum Gasteiger partial charge on any atom is -0.497 e. The molecule has 0 atom stereocenters. The van der Waals surface area contributed by atoms with Crippen LogP contribution in [0.25, 0.3) is 11.7 Å². The first-order valence-corrected chi connectivity index (χ1v) is 11.3. The fourth-order valence-corrected chi connectivity index (χ4v) is 4.37. The van der Waals surface area contributed by atoms with Crippen molar-refractivity contribution in [1.82, 2.24) is 9.88 Å². The van der Waals surface area contributed by atoms with E-state index in [-0.39, 0.29) is 17.5 Å². The number of piperidine rings is 1. The number of oxazole rings is 1. The number of hydrogen-bond donors (Lipinski definition) is 0. The topological polar surface area (TPSA) is 95.7 Å². The highest BCUT2D eigenvalue weighted by Gasteiger charge is 2.37. The molecule has 0 spiro atoms. The Hall–Kier alpha value is -3.73. The molecule has 0 radical (unpaired) electrons. The zero-order chi connectivity index (χ0) is 22.8. The zero-order valence-corrected chi connectivity index (χ0v) is 18.6. The Balaban J connectivity index is 1.24. The number of carbonyl (C=O) groups is 1. The maximum atomic E-state index is 13.4. The van der Waals surface area contributed by atoms with E-state index < -0.39 is 0 Å². The van der Waals surface area contributed by atoms with Gasteiger partial charge in [-0.3, -0.25) is 4.79 Å². The molecule has 33 heavy (non-hydrogen) atoms. The van der Waals surface area contributed by atoms with Gasteiger partial charge >= 0.3 is 0 Å². The molecular weight excluding hydrogens is 420 g/mol. The van der Waals surface area contributed by atoms with Gasteiger partial charge in [0.1, 0.15) is 11.8 Å². The van der Waals surface area contributed by atoms with Gasteiger partial charge < -0.3 is 23.4 Å². The maximum absolute atomic E-state index is 13.4. The number of carbonyl (C=O) groups excluding carboxylic acids is 1. The van der Waals surface area contributed by atoms with E-state index in [1.54, 1.807) is 25.5 Å². The van der Waals surface area contributed by atoms with Gasteiger partial charge in [-0.2, -0.15) is 10.2 Å². The third-order valence-electron chi connectivity index (χ3n) is 6.36. The highest BCUT2D eigenvalue weighted by Crippen LogP contribution is 2.34. The van der Waals surface area contributed by atoms with Crippen molar-refractivity contribution in [2.75, 3.05) is 25.1 Å². The number of anilines is 1. The largest absolute Gasteiger partial charge is 0.497 e. The quantitative estimate of drug-likeness (QED) is 0.536. The molecule has 170 valence electrons. The van der Waals surface area contributed by atoms with Gasteiger partial charge in [-0.1, -0.05) is 12.1 Å². The number of hydrogen-bond acceptors (Lipinski definition) is 7. The Morgan fingerprint density at radius 3 is 2.58 bits per heavy atom. The Morgan fingerprint density at radius 1 is 1.21 bits per heavy atom. The highest BCUT2D eigenvalue weighted by atomic mass is 16.5. The fourth-order valence-electron chi connectivity index (χ4n) is 4.37. The number of nitrogens with zero attached hydrogens (tertiary/aromatic N) is 4. The van der Waals surface area contributed by atoms with Gasteiger partial charge in [-0.15, -0.1) is 0 Å². The summed E-state index contributed by atoms with van der Waals surface area (Å²) in [5.41, 5.74) is 1.35. The van der Waals surface area contributed by atoms with Crippen LogP contribution in [0.3, 0.4) is 0 Å². The van der Waals surface area contributed by atoms with Crippen molar-refractivity contribution in [2.24, 2.45) is 5.92 Å². The van der Waals surface area contributed by atoms with E-state index in [9.17, 15) is 10.1 Å². The van der Waals surface area contributed by atoms with Crippen LogP contribution in [0.4, 0.5) is 5.88 Å². The molecule has 5 rings (SSSR count). The van der Waals surface area contributed by atoms with Crippen LogP contribution in [0.1, 0.15) is 36.9 Å². The SMILES string of the molecule is COc1ccc(CN(C(=O)C2CCN(c3oc(-c4ccco4)nc3C#N)CC2)C2CC2)cc1. The molecule has 2 fully saturated rings. The van der Waals surface area contributed by atoms with E-state index in [1.807, 2.05) is 34.1 Å². The lowest BCUT2D eigenvalue weighted by molar-refractivity contribution is -0.137. The van der Waals surface area contributed by atoms with Gasteiger partial charge in [0.25, 0.3) is 5.89 Å². The third-order valence-corrected chi connectivity index (χ3v) is 6.36. The average molecular weight is 447 g/mol. The van der Waals surface area contributed by atoms with Crippen LogP contribution >= 0.6 is 0 Å². The minimum absolute atomic E-state index is 0.0295. The van der Waals surface area contributed by atoms with Crippen molar-refractivity contribution in [1.29, 1.82) is 5.26 Å². The first kappa shape index (κ1) is 21.1. The Labute approximate surface area is 192 Å². The van der Waals surface area contributed by atoms with Crippen LogP contribution in [0.2, 0.25) is 0 Å². The maximum Gasteiger partial charge on any atom is 0.266 e. The Bertz CT molecular complexity index is 1130. The molecule has 0 unspecified atom stereocenters. The lowest BCUT2D eigenvalue weighted by Crippen LogP contribution is -2.43. The number of amides is 1. The smallest absolute Gasteiger partial charge is 0.266 e. The summed E-state index contributed by atoms with van der Waals surface area (Å²) >= 11 is 0. The summed E-state index contributed by atoms with van der Waals surface area (Å²) in [5, 5.41) is 9.52. The number of methoxy groups -OCH3 is 1. The van der Waals surface area contributed by atoms with Crippen molar-refractivity contribution in [3.63, 3.8) is 0 Å². The van der Waals surface area contributed by atoms with Gasteiger partial charge in [-0.25, -0.2) is 0 Å². The van der Waals surface area contributed by atoms with Gasteiger partial charge in [0.2, 0.25) is 17.5 Å². The van der Waals surface area contributed by atoms with Crippen LogP contribution in [-0.2, 0) is 11.3 Å². The average Bonchev–Trinajstić information content (AvgIpc) is 3.37. The molecule has 3 aromatic rings. The molecule has 8 nitrogen and oxygen atoms in total. The molecular formula is C25H26N4O4. The van der Waals surface area contributed by atoms with Gasteiger partial charge in [0.15, 0.2) is 5.76 Å². The normalized spacial score (nSPS) is 16.4. The standard InChI is InChI=1S/C25H26N4O4/c1-31-20-8-4-17(5-9-20)16-29(19-6-7-19)24(30)18-10-12-28(13-11-18)25-21(15-26)27-23(33-25)22-3-2-14-32-22/h2-5,8-9,14,18-19H,6-7,10-13,16H2,1H3. The van der Waals surface area contributed by atoms with Crippen LogP contribution in [0.15, 0.2) is 51.5 Å². The van der Waals surface area contributed by atoms with Crippen molar-refractivity contribution in [3.8, 4) is 23.5 Å². The first-order valence-electron chi connectivity index (χ1n) is 11.3. The van der Waals surface area contributed by atoms with Crippen molar-refractivity contribution in [3.05, 3.63) is 53.9 Å². The molecule has 1 saturated carbocycles. The lowest BCUT2D eigenvalue weighted by Gasteiger charge is -2.34. The lowest BCUT2D eigenvalue weighted by atomic mass is 9.95. The Morgan fingerprint density at radius 2 is 1.97 bits per heavy atom. The van der Waals surface area contributed by atoms with E-state index in [0.29, 0.717) is 56.1 Å². The van der Waals surface area contributed by atoms with E-state index in [2.05, 4.69) is 11.1 Å². The molecule has 1 saturated heterocycles. The van der Waals surface area contributed by atoms with Gasteiger partial charge in [0.05, 0.1) is 13.4 Å². The van der Waals surface area contributed by atoms with Crippen molar-refractivity contribution in [2.45, 2.75) is 38.3 Å². The molecule has 8 heteroatoms. The summed E-state index contributed by atoms with van der Waals surface area (Å²) in [6.45, 7) is 1.90. The number of benzene rings is 1. The molecule has 2 aromatic heterocycles. The molecule has 0 N–H and O–H groups in total. The summed E-state index contributed by atoms with van der Waals surface area (Å²) in [5.74, 6) is 2.24. The number of ether oxygens (including phenoxy) is 1. The second-order valence-electron chi connectivity index (χ2n) is 8.57. The Kier molecular flexibility index (Phi) is 5.78. The van der Waals surface area contributed by atoms with E-state index in [0.717, 1.165) is 24.2 Å².